The lowest BCUT2D eigenvalue weighted by molar-refractivity contribution is 0.998. The van der Waals surface area contributed by atoms with Crippen LogP contribution in [0.2, 0.25) is 0 Å². The number of hydrogen-bond acceptors (Lipinski definition) is 0. The Hall–Kier alpha value is -1.82. The molecule has 0 bridgehead atoms. The van der Waals surface area contributed by atoms with Gasteiger partial charge in [0.1, 0.15) is 0 Å². The third kappa shape index (κ3) is 3.39. The van der Waals surface area contributed by atoms with E-state index in [0.717, 1.165) is 18.4 Å². The Morgan fingerprint density at radius 1 is 0.812 bits per heavy atom. The molecule has 0 aliphatic heterocycles. The number of benzene rings is 2. The van der Waals surface area contributed by atoms with Gasteiger partial charge in [-0.15, -0.1) is 0 Å². The minimum atomic E-state index is 1.04. The van der Waals surface area contributed by atoms with Crippen LogP contribution in [0.1, 0.15) is 17.5 Å². The molecule has 16 heavy (non-hydrogen) atoms. The molecule has 2 aromatic carbocycles. The fourth-order valence-corrected chi connectivity index (χ4v) is 1.61. The van der Waals surface area contributed by atoms with Crippen molar-refractivity contribution in [1.29, 1.82) is 0 Å². The first-order chi connectivity index (χ1) is 7.95. The van der Waals surface area contributed by atoms with Gasteiger partial charge in [0.15, 0.2) is 0 Å². The molecule has 0 aliphatic rings. The number of aryl methyl sites for hydroxylation is 1. The lowest BCUT2D eigenvalue weighted by Crippen LogP contribution is -1.81. The van der Waals surface area contributed by atoms with E-state index in [1.54, 1.807) is 0 Å². The molecule has 0 aliphatic carbocycles. The monoisotopic (exact) mass is 207 g/mol. The van der Waals surface area contributed by atoms with Crippen LogP contribution in [0.25, 0.3) is 0 Å². The molecule has 0 atom stereocenters. The highest BCUT2D eigenvalue weighted by atomic mass is 13.9. The Morgan fingerprint density at radius 2 is 1.44 bits per heavy atom. The highest BCUT2D eigenvalue weighted by Gasteiger charge is 1.88. The summed E-state index contributed by atoms with van der Waals surface area (Å²) >= 11 is 0. The van der Waals surface area contributed by atoms with Gasteiger partial charge in [-0.1, -0.05) is 66.7 Å². The van der Waals surface area contributed by atoms with Gasteiger partial charge in [0, 0.05) is 0 Å². The first-order valence-electron chi connectivity index (χ1n) is 5.62. The number of allylic oxidation sites excluding steroid dienone is 1. The van der Waals surface area contributed by atoms with Gasteiger partial charge in [-0.25, -0.2) is 0 Å². The molecule has 0 saturated heterocycles. The molecule has 79 valence electrons. The van der Waals surface area contributed by atoms with Crippen LogP contribution in [0.5, 0.6) is 0 Å². The first kappa shape index (κ1) is 10.7. The van der Waals surface area contributed by atoms with E-state index < -0.39 is 0 Å². The molecule has 2 aromatic rings. The summed E-state index contributed by atoms with van der Waals surface area (Å²) in [6.07, 6.45) is 7.53. The lowest BCUT2D eigenvalue weighted by atomic mass is 10.1. The minimum Gasteiger partial charge on any atom is -0.0757 e. The Balaban J connectivity index is 1.83. The van der Waals surface area contributed by atoms with Gasteiger partial charge in [-0.3, -0.25) is 0 Å². The summed E-state index contributed by atoms with van der Waals surface area (Å²) < 4.78 is 0. The molecule has 0 unspecified atom stereocenters. The van der Waals surface area contributed by atoms with Crippen molar-refractivity contribution in [2.75, 3.05) is 0 Å². The van der Waals surface area contributed by atoms with Gasteiger partial charge in [0.05, 0.1) is 0 Å². The van der Waals surface area contributed by atoms with E-state index in [2.05, 4.69) is 54.6 Å². The van der Waals surface area contributed by atoms with Crippen LogP contribution in [0.15, 0.2) is 66.7 Å². The van der Waals surface area contributed by atoms with Crippen LogP contribution in [-0.2, 0) is 6.42 Å². The summed E-state index contributed by atoms with van der Waals surface area (Å²) in [6.45, 7) is 0. The van der Waals surface area contributed by atoms with E-state index >= 15 is 0 Å². The maximum atomic E-state index is 3.29. The van der Waals surface area contributed by atoms with Gasteiger partial charge in [-0.05, 0) is 30.0 Å². The van der Waals surface area contributed by atoms with Crippen molar-refractivity contribution in [2.45, 2.75) is 12.8 Å². The van der Waals surface area contributed by atoms with Crippen LogP contribution >= 0.6 is 0 Å². The van der Waals surface area contributed by atoms with Gasteiger partial charge in [-0.2, -0.15) is 0 Å². The molecule has 1 radical (unpaired) electrons. The van der Waals surface area contributed by atoms with Gasteiger partial charge < -0.3 is 0 Å². The van der Waals surface area contributed by atoms with Gasteiger partial charge >= 0.3 is 0 Å². The van der Waals surface area contributed by atoms with Crippen LogP contribution < -0.4 is 0 Å². The largest absolute Gasteiger partial charge is 0.0757 e. The molecule has 0 aromatic heterocycles. The highest BCUT2D eigenvalue weighted by Crippen LogP contribution is 2.04. The van der Waals surface area contributed by atoms with Crippen LogP contribution in [0.3, 0.4) is 0 Å². The van der Waals surface area contributed by atoms with E-state index in [1.165, 1.54) is 5.56 Å². The Kier molecular flexibility index (Phi) is 3.95. The van der Waals surface area contributed by atoms with Crippen LogP contribution in [-0.4, -0.2) is 0 Å². The smallest absolute Gasteiger partial charge is 0.0148 e. The molecule has 2 rings (SSSR count). The Morgan fingerprint density at radius 3 is 2.12 bits per heavy atom. The second kappa shape index (κ2) is 5.92. The number of rotatable bonds is 4. The van der Waals surface area contributed by atoms with E-state index in [-0.39, 0.29) is 0 Å². The summed E-state index contributed by atoms with van der Waals surface area (Å²) in [4.78, 5) is 0. The zero-order valence-corrected chi connectivity index (χ0v) is 9.27. The van der Waals surface area contributed by atoms with Gasteiger partial charge in [0.25, 0.3) is 0 Å². The average molecular weight is 207 g/mol. The van der Waals surface area contributed by atoms with Crippen molar-refractivity contribution in [1.82, 2.24) is 0 Å². The second-order valence-electron chi connectivity index (χ2n) is 3.74. The molecule has 0 heterocycles. The zero-order valence-electron chi connectivity index (χ0n) is 9.27. The summed E-state index contributed by atoms with van der Waals surface area (Å²) in [7, 11) is 0. The van der Waals surface area contributed by atoms with Crippen LogP contribution in [0, 0.1) is 6.08 Å². The number of hydrogen-bond donors (Lipinski definition) is 0. The highest BCUT2D eigenvalue weighted by molar-refractivity contribution is 5.22. The maximum absolute atomic E-state index is 3.29. The summed E-state index contributed by atoms with van der Waals surface area (Å²) in [5, 5.41) is 0. The SMILES string of the molecule is [C](=CCCc1ccccc1)c1ccccc1. The average Bonchev–Trinajstić information content (AvgIpc) is 2.37. The Labute approximate surface area is 97.3 Å². The molecule has 0 heteroatoms. The van der Waals surface area contributed by atoms with E-state index in [4.69, 9.17) is 0 Å². The maximum Gasteiger partial charge on any atom is -0.0148 e. The van der Waals surface area contributed by atoms with E-state index in [0.29, 0.717) is 0 Å². The molecular formula is C16H15. The van der Waals surface area contributed by atoms with Crippen molar-refractivity contribution in [3.05, 3.63) is 83.9 Å². The van der Waals surface area contributed by atoms with E-state index in [9.17, 15) is 0 Å². The normalized spacial score (nSPS) is 10.8. The second-order valence-corrected chi connectivity index (χ2v) is 3.74. The molecule has 0 spiro atoms. The molecule has 0 fully saturated rings. The fourth-order valence-electron chi connectivity index (χ4n) is 1.61. The predicted molar refractivity (Wildman–Crippen MR) is 68.1 cm³/mol. The van der Waals surface area contributed by atoms with Crippen LogP contribution in [0.4, 0.5) is 0 Å². The summed E-state index contributed by atoms with van der Waals surface area (Å²) in [5.74, 6) is 0. The quantitative estimate of drug-likeness (QED) is 0.710. The molecule has 0 amide bonds. The third-order valence-electron chi connectivity index (χ3n) is 2.46. The van der Waals surface area contributed by atoms with Crippen molar-refractivity contribution in [3.8, 4) is 0 Å². The first-order valence-corrected chi connectivity index (χ1v) is 5.62. The van der Waals surface area contributed by atoms with Crippen molar-refractivity contribution in [3.63, 3.8) is 0 Å². The van der Waals surface area contributed by atoms with Gasteiger partial charge in [0.2, 0.25) is 0 Å². The molecule has 0 N–H and O–H groups in total. The standard InChI is InChI=1S/C16H15/c1-3-9-15(10-4-1)13-7-8-14-16-11-5-2-6-12-16/h1-7,9-12H,8,14H2. The molecule has 0 saturated carbocycles. The summed E-state index contributed by atoms with van der Waals surface area (Å²) in [6, 6.07) is 20.8. The third-order valence-corrected chi connectivity index (χ3v) is 2.46. The summed E-state index contributed by atoms with van der Waals surface area (Å²) in [5.41, 5.74) is 2.53. The fraction of sp³-hybridized carbons (Fsp3) is 0.125. The topological polar surface area (TPSA) is 0 Å². The van der Waals surface area contributed by atoms with E-state index in [1.807, 2.05) is 18.2 Å². The van der Waals surface area contributed by atoms with Crippen molar-refractivity contribution >= 4 is 0 Å². The molecular weight excluding hydrogens is 192 g/mol. The Bertz CT molecular complexity index is 426. The lowest BCUT2D eigenvalue weighted by Gasteiger charge is -1.96. The minimum absolute atomic E-state index is 1.04. The van der Waals surface area contributed by atoms with Crippen molar-refractivity contribution < 1.29 is 0 Å². The predicted octanol–water partition coefficient (Wildman–Crippen LogP) is 4.03. The molecule has 0 nitrogen and oxygen atoms in total. The zero-order chi connectivity index (χ0) is 11.1. The van der Waals surface area contributed by atoms with Crippen molar-refractivity contribution in [2.24, 2.45) is 0 Å².